The molecule has 0 radical (unpaired) electrons. The van der Waals surface area contributed by atoms with Gasteiger partial charge in [-0.2, -0.15) is 0 Å². The second-order valence-corrected chi connectivity index (χ2v) is 7.86. The molecule has 0 saturated carbocycles. The Morgan fingerprint density at radius 3 is 2.04 bits per heavy atom. The Morgan fingerprint density at radius 2 is 1.56 bits per heavy atom. The number of rotatable bonds is 7. The molecule has 0 aliphatic rings. The number of aliphatic hydroxyl groups excluding tert-OH is 3. The van der Waals surface area contributed by atoms with Gasteiger partial charge in [0.25, 0.3) is 5.91 Å². The van der Waals surface area contributed by atoms with Crippen LogP contribution in [0.2, 0.25) is 0 Å². The summed E-state index contributed by atoms with van der Waals surface area (Å²) >= 11 is 5.26. The summed E-state index contributed by atoms with van der Waals surface area (Å²) in [5.74, 6) is -2.70. The number of benzene rings is 1. The van der Waals surface area contributed by atoms with E-state index in [9.17, 15) is 24.6 Å². The fraction of sp³-hybridized carbons (Fsp3) is 0.308. The van der Waals surface area contributed by atoms with E-state index in [0.717, 1.165) is 0 Å². The van der Waals surface area contributed by atoms with Gasteiger partial charge in [-0.15, -0.1) is 0 Å². The topological polar surface area (TPSA) is 156 Å². The van der Waals surface area contributed by atoms with E-state index in [1.54, 1.807) is 67.8 Å². The molecular weight excluding hydrogens is 677 g/mol. The van der Waals surface area contributed by atoms with Crippen LogP contribution in [0.3, 0.4) is 0 Å². The molecule has 1 aromatic carbocycles. The first-order valence-corrected chi connectivity index (χ1v) is 9.80. The van der Waals surface area contributed by atoms with E-state index in [1.165, 1.54) is 0 Å². The number of carboxylic acid groups (broad SMARTS) is 1. The third-order valence-corrected chi connectivity index (χ3v) is 6.11. The summed E-state index contributed by atoms with van der Waals surface area (Å²) in [7, 11) is 0. The first-order valence-electron chi connectivity index (χ1n) is 6.57. The number of aliphatic hydroxyl groups is 3. The number of carbonyl (C=O) groups is 3. The number of halogens is 3. The molecule has 9 nitrogen and oxygen atoms in total. The lowest BCUT2D eigenvalue weighted by molar-refractivity contribution is -0.118. The summed E-state index contributed by atoms with van der Waals surface area (Å²) in [5, 5.41) is 41.2. The number of carbonyl (C=O) groups excluding carboxylic acids is 2. The molecule has 0 heterocycles. The SMILES string of the molecule is O=C(CO)Nc1c(I)c(C(=O)O)c(I)c(C(=O)NCC(O)CO)c1I. The van der Waals surface area contributed by atoms with Crippen LogP contribution in [-0.2, 0) is 4.79 Å². The third-order valence-electron chi connectivity index (χ3n) is 2.87. The van der Waals surface area contributed by atoms with E-state index >= 15 is 0 Å². The normalized spacial score (nSPS) is 11.8. The van der Waals surface area contributed by atoms with Crippen molar-refractivity contribution >= 4 is 91.2 Å². The summed E-state index contributed by atoms with van der Waals surface area (Å²) in [6.07, 6.45) is -1.16. The Bertz CT molecular complexity index is 712. The lowest BCUT2D eigenvalue weighted by Gasteiger charge is -2.18. The predicted octanol–water partition coefficient (Wildman–Crippen LogP) is 0.212. The van der Waals surface area contributed by atoms with Crippen LogP contribution in [0.5, 0.6) is 0 Å². The molecule has 0 aromatic heterocycles. The van der Waals surface area contributed by atoms with Gasteiger partial charge >= 0.3 is 5.97 Å². The van der Waals surface area contributed by atoms with Crippen molar-refractivity contribution in [2.75, 3.05) is 25.1 Å². The molecule has 0 spiro atoms. The van der Waals surface area contributed by atoms with Crippen molar-refractivity contribution in [2.24, 2.45) is 0 Å². The molecule has 1 rings (SSSR count). The average molecular weight is 690 g/mol. The van der Waals surface area contributed by atoms with E-state index in [4.69, 9.17) is 10.2 Å². The second-order valence-electron chi connectivity index (χ2n) is 4.62. The highest BCUT2D eigenvalue weighted by molar-refractivity contribution is 14.1. The van der Waals surface area contributed by atoms with Gasteiger partial charge in [0, 0.05) is 10.1 Å². The quantitative estimate of drug-likeness (QED) is 0.224. The van der Waals surface area contributed by atoms with E-state index in [1.807, 2.05) is 0 Å². The Hall–Kier alpha value is -0.300. The van der Waals surface area contributed by atoms with Crippen molar-refractivity contribution in [3.63, 3.8) is 0 Å². The first-order chi connectivity index (χ1) is 11.6. The summed E-state index contributed by atoms with van der Waals surface area (Å²) in [5.41, 5.74) is -0.0500. The molecule has 1 atom stereocenters. The summed E-state index contributed by atoms with van der Waals surface area (Å²) in [4.78, 5) is 35.5. The van der Waals surface area contributed by atoms with E-state index in [2.05, 4.69) is 10.6 Å². The largest absolute Gasteiger partial charge is 0.478 e. The fourth-order valence-corrected chi connectivity index (χ4v) is 6.09. The molecule has 12 heteroatoms. The van der Waals surface area contributed by atoms with Gasteiger partial charge in [0.05, 0.1) is 36.7 Å². The van der Waals surface area contributed by atoms with Crippen molar-refractivity contribution in [2.45, 2.75) is 6.10 Å². The van der Waals surface area contributed by atoms with Crippen LogP contribution in [-0.4, -0.2) is 64.1 Å². The van der Waals surface area contributed by atoms with Gasteiger partial charge in [-0.3, -0.25) is 9.59 Å². The highest BCUT2D eigenvalue weighted by atomic mass is 127. The lowest BCUT2D eigenvalue weighted by atomic mass is 10.1. The number of nitrogens with one attached hydrogen (secondary N) is 2. The summed E-state index contributed by atoms with van der Waals surface area (Å²) < 4.78 is 0.665. The maximum Gasteiger partial charge on any atom is 0.337 e. The maximum atomic E-state index is 12.4. The van der Waals surface area contributed by atoms with Gasteiger partial charge in [-0.1, -0.05) is 0 Å². The number of hydrogen-bond donors (Lipinski definition) is 6. The third kappa shape index (κ3) is 5.59. The zero-order valence-corrected chi connectivity index (χ0v) is 18.8. The summed E-state index contributed by atoms with van der Waals surface area (Å²) in [6, 6.07) is 0. The Balaban J connectivity index is 3.47. The maximum absolute atomic E-state index is 12.4. The van der Waals surface area contributed by atoms with Crippen LogP contribution < -0.4 is 10.6 Å². The van der Waals surface area contributed by atoms with Gasteiger partial charge in [-0.05, 0) is 67.8 Å². The zero-order valence-electron chi connectivity index (χ0n) is 12.3. The van der Waals surface area contributed by atoms with Gasteiger partial charge in [0.15, 0.2) is 0 Å². The van der Waals surface area contributed by atoms with E-state index in [0.29, 0.717) is 0 Å². The molecule has 6 N–H and O–H groups in total. The molecule has 2 amide bonds. The van der Waals surface area contributed by atoms with Crippen molar-refractivity contribution in [3.8, 4) is 0 Å². The molecule has 1 aromatic rings. The van der Waals surface area contributed by atoms with Gasteiger partial charge in [0.1, 0.15) is 6.61 Å². The number of hydrogen-bond acceptors (Lipinski definition) is 6. The van der Waals surface area contributed by atoms with Gasteiger partial charge < -0.3 is 31.1 Å². The van der Waals surface area contributed by atoms with Crippen LogP contribution in [0, 0.1) is 10.7 Å². The average Bonchev–Trinajstić information content (AvgIpc) is 2.55. The molecule has 0 fully saturated rings. The van der Waals surface area contributed by atoms with Crippen LogP contribution in [0.1, 0.15) is 20.7 Å². The lowest BCUT2D eigenvalue weighted by Crippen LogP contribution is -2.35. The second kappa shape index (κ2) is 10.1. The van der Waals surface area contributed by atoms with E-state index in [-0.39, 0.29) is 34.1 Å². The van der Waals surface area contributed by atoms with Crippen molar-refractivity contribution in [3.05, 3.63) is 21.8 Å². The van der Waals surface area contributed by atoms with Crippen molar-refractivity contribution < 1.29 is 34.8 Å². The minimum absolute atomic E-state index is 0.0115. The predicted molar refractivity (Wildman–Crippen MR) is 113 cm³/mol. The zero-order chi connectivity index (χ0) is 19.3. The summed E-state index contributed by atoms with van der Waals surface area (Å²) in [6.45, 7) is -1.57. The molecule has 138 valence electrons. The highest BCUT2D eigenvalue weighted by Crippen LogP contribution is 2.35. The van der Waals surface area contributed by atoms with Crippen LogP contribution in [0.15, 0.2) is 0 Å². The fourth-order valence-electron chi connectivity index (χ4n) is 1.70. The molecule has 25 heavy (non-hydrogen) atoms. The molecular formula is C13H13I3N2O7. The van der Waals surface area contributed by atoms with Gasteiger partial charge in [-0.25, -0.2) is 4.79 Å². The monoisotopic (exact) mass is 690 g/mol. The first kappa shape index (κ1) is 22.7. The Labute approximate surface area is 183 Å². The standard InChI is InChI=1S/C13H13I3N2O7/c14-8-6(12(23)17-1-4(21)2-19)9(15)11(18-5(22)3-20)10(16)7(8)13(24)25/h4,19-21H,1-3H2,(H,17,23)(H,18,22)(H,24,25). The molecule has 0 bridgehead atoms. The molecule has 0 saturated heterocycles. The van der Waals surface area contributed by atoms with Crippen LogP contribution >= 0.6 is 67.8 Å². The smallest absolute Gasteiger partial charge is 0.337 e. The number of aromatic carboxylic acids is 1. The minimum atomic E-state index is -1.28. The van der Waals surface area contributed by atoms with Gasteiger partial charge in [0.2, 0.25) is 5.91 Å². The van der Waals surface area contributed by atoms with Crippen molar-refractivity contribution in [1.29, 1.82) is 0 Å². The Kier molecular flexibility index (Phi) is 9.23. The number of amides is 2. The van der Waals surface area contributed by atoms with Crippen LogP contribution in [0.4, 0.5) is 5.69 Å². The van der Waals surface area contributed by atoms with Crippen molar-refractivity contribution in [1.82, 2.24) is 5.32 Å². The molecule has 0 aliphatic heterocycles. The van der Waals surface area contributed by atoms with Crippen LogP contribution in [0.25, 0.3) is 0 Å². The molecule has 0 aliphatic carbocycles. The van der Waals surface area contributed by atoms with E-state index < -0.39 is 37.1 Å². The molecule has 1 unspecified atom stereocenters. The highest BCUT2D eigenvalue weighted by Gasteiger charge is 2.28. The number of carboxylic acids is 1. The minimum Gasteiger partial charge on any atom is -0.478 e. The number of anilines is 1. The Morgan fingerprint density at radius 1 is 1.00 bits per heavy atom.